The lowest BCUT2D eigenvalue weighted by atomic mass is 10.3. The number of nitrogens with one attached hydrogen (secondary N) is 1. The summed E-state index contributed by atoms with van der Waals surface area (Å²) >= 11 is 3.37. The number of para-hydroxylation sites is 2. The lowest BCUT2D eigenvalue weighted by Crippen LogP contribution is -2.04. The average Bonchev–Trinajstić information content (AvgIpc) is 2.87. The summed E-state index contributed by atoms with van der Waals surface area (Å²) in [5.41, 5.74) is 2.83. The van der Waals surface area contributed by atoms with Crippen LogP contribution in [0.2, 0.25) is 0 Å². The zero-order chi connectivity index (χ0) is 13.9. The molecule has 0 saturated carbocycles. The number of nitrogens with zero attached hydrogens (tertiary/aromatic N) is 3. The minimum Gasteiger partial charge on any atom is -0.495 e. The first kappa shape index (κ1) is 12.9. The van der Waals surface area contributed by atoms with Gasteiger partial charge in [0.25, 0.3) is 0 Å². The van der Waals surface area contributed by atoms with Gasteiger partial charge in [-0.15, -0.1) is 0 Å². The van der Waals surface area contributed by atoms with E-state index in [2.05, 4.69) is 31.2 Å². The number of hydrogen-bond donors (Lipinski definition) is 1. The van der Waals surface area contributed by atoms with Gasteiger partial charge in [0.2, 0.25) is 0 Å². The lowest BCUT2D eigenvalue weighted by molar-refractivity contribution is 0.416. The van der Waals surface area contributed by atoms with Gasteiger partial charge in [0.05, 0.1) is 37.4 Å². The van der Waals surface area contributed by atoms with Crippen LogP contribution in [0.1, 0.15) is 5.69 Å². The molecule has 0 aliphatic heterocycles. The topological polar surface area (TPSA) is 51.5 Å². The summed E-state index contributed by atoms with van der Waals surface area (Å²) in [5, 5.41) is 3.36. The van der Waals surface area contributed by atoms with Crippen molar-refractivity contribution in [3.8, 4) is 5.75 Å². The number of hydrogen-bond acceptors (Lipinski definition) is 4. The third kappa shape index (κ3) is 2.46. The zero-order valence-corrected chi connectivity index (χ0v) is 12.5. The van der Waals surface area contributed by atoms with Crippen molar-refractivity contribution in [1.29, 1.82) is 0 Å². The first-order chi connectivity index (χ1) is 9.78. The molecule has 0 unspecified atom stereocenters. The number of anilines is 1. The predicted octanol–water partition coefficient (Wildman–Crippen LogP) is 3.11. The van der Waals surface area contributed by atoms with E-state index in [0.717, 1.165) is 27.4 Å². The molecular formula is C14H13BrN4O. The molecule has 0 fully saturated rings. The Morgan fingerprint density at radius 2 is 2.10 bits per heavy atom. The summed E-state index contributed by atoms with van der Waals surface area (Å²) < 4.78 is 8.10. The molecule has 5 nitrogen and oxygen atoms in total. The van der Waals surface area contributed by atoms with Gasteiger partial charge in [0.1, 0.15) is 10.4 Å². The number of imidazole rings is 1. The van der Waals surface area contributed by atoms with E-state index in [0.29, 0.717) is 6.54 Å². The first-order valence-corrected chi connectivity index (χ1v) is 6.91. The number of fused-ring (bicyclic) bond motifs is 1. The van der Waals surface area contributed by atoms with E-state index in [1.165, 1.54) is 0 Å². The van der Waals surface area contributed by atoms with Gasteiger partial charge in [-0.3, -0.25) is 4.40 Å². The molecule has 6 heteroatoms. The number of aromatic nitrogens is 3. The van der Waals surface area contributed by atoms with Crippen molar-refractivity contribution >= 4 is 27.3 Å². The van der Waals surface area contributed by atoms with Crippen LogP contribution in [0.5, 0.6) is 5.75 Å². The van der Waals surface area contributed by atoms with E-state index in [1.807, 2.05) is 41.1 Å². The molecule has 102 valence electrons. The first-order valence-electron chi connectivity index (χ1n) is 6.12. The van der Waals surface area contributed by atoms with Crippen LogP contribution >= 0.6 is 15.9 Å². The maximum absolute atomic E-state index is 5.32. The molecule has 1 N–H and O–H groups in total. The summed E-state index contributed by atoms with van der Waals surface area (Å²) in [7, 11) is 1.66. The SMILES string of the molecule is COc1ccccc1NCc1cnc2cnc(Br)cn12. The van der Waals surface area contributed by atoms with Crippen molar-refractivity contribution in [2.75, 3.05) is 12.4 Å². The Morgan fingerprint density at radius 1 is 1.25 bits per heavy atom. The van der Waals surface area contributed by atoms with Gasteiger partial charge < -0.3 is 10.1 Å². The highest BCUT2D eigenvalue weighted by Crippen LogP contribution is 2.23. The summed E-state index contributed by atoms with van der Waals surface area (Å²) in [6.07, 6.45) is 5.48. The van der Waals surface area contributed by atoms with Crippen LogP contribution in [0.15, 0.2) is 47.5 Å². The van der Waals surface area contributed by atoms with Gasteiger partial charge in [0.15, 0.2) is 5.65 Å². The number of halogens is 1. The van der Waals surface area contributed by atoms with E-state index >= 15 is 0 Å². The van der Waals surface area contributed by atoms with Crippen LogP contribution in [0.4, 0.5) is 5.69 Å². The molecule has 3 aromatic rings. The third-order valence-corrected chi connectivity index (χ3v) is 3.42. The van der Waals surface area contributed by atoms with Crippen LogP contribution in [-0.4, -0.2) is 21.5 Å². The van der Waals surface area contributed by atoms with Crippen molar-refractivity contribution in [3.63, 3.8) is 0 Å². The molecule has 0 amide bonds. The smallest absolute Gasteiger partial charge is 0.155 e. The van der Waals surface area contributed by atoms with E-state index in [9.17, 15) is 0 Å². The van der Waals surface area contributed by atoms with Crippen LogP contribution in [-0.2, 0) is 6.54 Å². The second kappa shape index (κ2) is 5.50. The molecule has 2 aromatic heterocycles. The second-order valence-corrected chi connectivity index (χ2v) is 5.05. The van der Waals surface area contributed by atoms with Crippen molar-refractivity contribution in [2.45, 2.75) is 6.54 Å². The number of methoxy groups -OCH3 is 1. The molecule has 1 aromatic carbocycles. The van der Waals surface area contributed by atoms with E-state index in [1.54, 1.807) is 13.3 Å². The van der Waals surface area contributed by atoms with E-state index < -0.39 is 0 Å². The molecule has 0 aliphatic carbocycles. The molecule has 0 aliphatic rings. The summed E-state index contributed by atoms with van der Waals surface area (Å²) in [4.78, 5) is 8.48. The fourth-order valence-corrected chi connectivity index (χ4v) is 2.33. The summed E-state index contributed by atoms with van der Waals surface area (Å²) in [5.74, 6) is 0.823. The highest BCUT2D eigenvalue weighted by molar-refractivity contribution is 9.10. The van der Waals surface area contributed by atoms with E-state index in [4.69, 9.17) is 4.74 Å². The number of ether oxygens (including phenoxy) is 1. The quantitative estimate of drug-likeness (QED) is 0.797. The molecule has 20 heavy (non-hydrogen) atoms. The van der Waals surface area contributed by atoms with Crippen molar-refractivity contribution < 1.29 is 4.74 Å². The fraction of sp³-hybridized carbons (Fsp3) is 0.143. The van der Waals surface area contributed by atoms with Crippen LogP contribution < -0.4 is 10.1 Å². The fourth-order valence-electron chi connectivity index (χ4n) is 2.02. The molecule has 0 spiro atoms. The molecule has 0 radical (unpaired) electrons. The van der Waals surface area contributed by atoms with Crippen LogP contribution in [0.25, 0.3) is 5.65 Å². The van der Waals surface area contributed by atoms with Gasteiger partial charge in [-0.05, 0) is 28.1 Å². The average molecular weight is 333 g/mol. The monoisotopic (exact) mass is 332 g/mol. The molecule has 0 saturated heterocycles. The zero-order valence-electron chi connectivity index (χ0n) is 10.9. The minimum absolute atomic E-state index is 0.651. The molecule has 3 rings (SSSR count). The Bertz CT molecular complexity index is 741. The molecule has 0 bridgehead atoms. The van der Waals surface area contributed by atoms with Gasteiger partial charge in [-0.1, -0.05) is 12.1 Å². The van der Waals surface area contributed by atoms with Crippen LogP contribution in [0, 0.1) is 0 Å². The summed E-state index contributed by atoms with van der Waals surface area (Å²) in [6, 6.07) is 7.83. The third-order valence-electron chi connectivity index (χ3n) is 3.01. The van der Waals surface area contributed by atoms with Crippen molar-refractivity contribution in [2.24, 2.45) is 0 Å². The Hall–Kier alpha value is -2.08. The highest BCUT2D eigenvalue weighted by atomic mass is 79.9. The van der Waals surface area contributed by atoms with Gasteiger partial charge in [-0.2, -0.15) is 0 Å². The van der Waals surface area contributed by atoms with Gasteiger partial charge >= 0.3 is 0 Å². The Balaban J connectivity index is 1.85. The molecule has 2 heterocycles. The summed E-state index contributed by atoms with van der Waals surface area (Å²) in [6.45, 7) is 0.651. The number of rotatable bonds is 4. The number of benzene rings is 1. The highest BCUT2D eigenvalue weighted by Gasteiger charge is 2.06. The molecule has 0 atom stereocenters. The largest absolute Gasteiger partial charge is 0.495 e. The van der Waals surface area contributed by atoms with Crippen LogP contribution in [0.3, 0.4) is 0 Å². The second-order valence-electron chi connectivity index (χ2n) is 4.24. The maximum Gasteiger partial charge on any atom is 0.155 e. The predicted molar refractivity (Wildman–Crippen MR) is 81.0 cm³/mol. The Morgan fingerprint density at radius 3 is 2.95 bits per heavy atom. The lowest BCUT2D eigenvalue weighted by Gasteiger charge is -2.10. The maximum atomic E-state index is 5.32. The Labute approximate surface area is 124 Å². The Kier molecular flexibility index (Phi) is 3.56. The molecular weight excluding hydrogens is 320 g/mol. The normalized spacial score (nSPS) is 10.7. The van der Waals surface area contributed by atoms with Gasteiger partial charge in [-0.25, -0.2) is 9.97 Å². The standard InChI is InChI=1S/C14H13BrN4O/c1-20-12-5-3-2-4-11(12)16-6-10-7-18-14-8-17-13(15)9-19(10)14/h2-5,7-9,16H,6H2,1H3. The van der Waals surface area contributed by atoms with E-state index in [-0.39, 0.29) is 0 Å². The van der Waals surface area contributed by atoms with Crippen molar-refractivity contribution in [1.82, 2.24) is 14.4 Å². The minimum atomic E-state index is 0.651. The van der Waals surface area contributed by atoms with Gasteiger partial charge in [0, 0.05) is 6.20 Å². The van der Waals surface area contributed by atoms with Crippen molar-refractivity contribution in [3.05, 3.63) is 53.2 Å².